The smallest absolute Gasteiger partial charge is 0.271 e. The number of nitrogens with one attached hydrogen (secondary N) is 2. The molecule has 0 saturated heterocycles. The molecule has 2 amide bonds. The van der Waals surface area contributed by atoms with E-state index in [4.69, 9.17) is 4.74 Å². The summed E-state index contributed by atoms with van der Waals surface area (Å²) in [4.78, 5) is 23.8. The van der Waals surface area contributed by atoms with E-state index in [0.29, 0.717) is 23.6 Å². The first kappa shape index (κ1) is 24.4. The van der Waals surface area contributed by atoms with Gasteiger partial charge in [0.25, 0.3) is 5.91 Å². The molecule has 2 N–H and O–H groups in total. The lowest BCUT2D eigenvalue weighted by molar-refractivity contribution is -0.114. The number of nitrogens with zero attached hydrogens (tertiary/aromatic N) is 1. The van der Waals surface area contributed by atoms with Crippen LogP contribution in [0.4, 0.5) is 5.69 Å². The number of hydrogen-bond acceptors (Lipinski definition) is 4. The SMILES string of the molecule is CC(=O)Nc1cccc(C(C)=NNC(=O)c2ccc(COc3ccccc3-c3ccccc3)cc2)c1. The molecule has 0 unspecified atom stereocenters. The molecule has 0 saturated carbocycles. The molecule has 4 rings (SSSR count). The number of rotatable bonds is 8. The molecular formula is C30H27N3O3. The number of ether oxygens (including phenoxy) is 1. The predicted molar refractivity (Wildman–Crippen MR) is 143 cm³/mol. The van der Waals surface area contributed by atoms with E-state index in [9.17, 15) is 9.59 Å². The van der Waals surface area contributed by atoms with Gasteiger partial charge in [0.2, 0.25) is 5.91 Å². The molecule has 0 fully saturated rings. The molecular weight excluding hydrogens is 450 g/mol. The highest BCUT2D eigenvalue weighted by Gasteiger charge is 2.08. The average molecular weight is 478 g/mol. The Labute approximate surface area is 210 Å². The van der Waals surface area contributed by atoms with E-state index < -0.39 is 0 Å². The Morgan fingerprint density at radius 2 is 1.50 bits per heavy atom. The van der Waals surface area contributed by atoms with Crippen molar-refractivity contribution in [2.75, 3.05) is 5.32 Å². The van der Waals surface area contributed by atoms with E-state index in [0.717, 1.165) is 28.0 Å². The summed E-state index contributed by atoms with van der Waals surface area (Å²) in [6.07, 6.45) is 0. The first-order chi connectivity index (χ1) is 17.5. The van der Waals surface area contributed by atoms with Gasteiger partial charge in [0.1, 0.15) is 12.4 Å². The summed E-state index contributed by atoms with van der Waals surface area (Å²) in [6.45, 7) is 3.63. The second kappa shape index (κ2) is 11.6. The molecule has 0 radical (unpaired) electrons. The molecule has 6 nitrogen and oxygen atoms in total. The highest BCUT2D eigenvalue weighted by Crippen LogP contribution is 2.30. The first-order valence-electron chi connectivity index (χ1n) is 11.6. The summed E-state index contributed by atoms with van der Waals surface area (Å²) in [6, 6.07) is 32.6. The number of benzene rings is 4. The van der Waals surface area contributed by atoms with E-state index in [-0.39, 0.29) is 11.8 Å². The van der Waals surface area contributed by atoms with Crippen molar-refractivity contribution < 1.29 is 14.3 Å². The molecule has 4 aromatic carbocycles. The minimum absolute atomic E-state index is 0.149. The molecule has 36 heavy (non-hydrogen) atoms. The van der Waals surface area contributed by atoms with Crippen LogP contribution in [0.1, 0.15) is 35.3 Å². The monoisotopic (exact) mass is 477 g/mol. The second-order valence-electron chi connectivity index (χ2n) is 8.25. The number of para-hydroxylation sites is 1. The lowest BCUT2D eigenvalue weighted by atomic mass is 10.0. The van der Waals surface area contributed by atoms with Crippen LogP contribution in [0.3, 0.4) is 0 Å². The van der Waals surface area contributed by atoms with Crippen LogP contribution in [0.25, 0.3) is 11.1 Å². The van der Waals surface area contributed by atoms with Gasteiger partial charge in [-0.1, -0.05) is 72.8 Å². The van der Waals surface area contributed by atoms with Crippen LogP contribution >= 0.6 is 0 Å². The largest absolute Gasteiger partial charge is 0.488 e. The van der Waals surface area contributed by atoms with Gasteiger partial charge >= 0.3 is 0 Å². The fourth-order valence-corrected chi connectivity index (χ4v) is 3.65. The van der Waals surface area contributed by atoms with Crippen molar-refractivity contribution in [1.29, 1.82) is 0 Å². The van der Waals surface area contributed by atoms with E-state index in [1.807, 2.05) is 66.7 Å². The van der Waals surface area contributed by atoms with Gasteiger partial charge in [0.15, 0.2) is 0 Å². The van der Waals surface area contributed by atoms with Gasteiger partial charge in [0.05, 0.1) is 5.71 Å². The third-order valence-electron chi connectivity index (χ3n) is 5.51. The zero-order valence-electron chi connectivity index (χ0n) is 20.2. The van der Waals surface area contributed by atoms with Crippen LogP contribution in [0.5, 0.6) is 5.75 Å². The Morgan fingerprint density at radius 3 is 2.25 bits per heavy atom. The number of carbonyl (C=O) groups excluding carboxylic acids is 2. The van der Waals surface area contributed by atoms with Gasteiger partial charge in [-0.25, -0.2) is 5.43 Å². The first-order valence-corrected chi connectivity index (χ1v) is 11.6. The molecule has 0 bridgehead atoms. The number of carbonyl (C=O) groups is 2. The maximum absolute atomic E-state index is 12.6. The molecule has 0 atom stereocenters. The Balaban J connectivity index is 1.37. The third-order valence-corrected chi connectivity index (χ3v) is 5.51. The van der Waals surface area contributed by atoms with Gasteiger partial charge in [-0.2, -0.15) is 5.10 Å². The zero-order chi connectivity index (χ0) is 25.3. The predicted octanol–water partition coefficient (Wildman–Crippen LogP) is 6.05. The maximum Gasteiger partial charge on any atom is 0.271 e. The van der Waals surface area contributed by atoms with E-state index in [1.54, 1.807) is 31.2 Å². The fraction of sp³-hybridized carbons (Fsp3) is 0.100. The van der Waals surface area contributed by atoms with E-state index in [1.165, 1.54) is 6.92 Å². The van der Waals surface area contributed by atoms with Gasteiger partial charge in [-0.05, 0) is 53.9 Å². The zero-order valence-corrected chi connectivity index (χ0v) is 20.2. The molecule has 0 spiro atoms. The van der Waals surface area contributed by atoms with Crippen molar-refractivity contribution in [3.8, 4) is 16.9 Å². The Morgan fingerprint density at radius 1 is 0.778 bits per heavy atom. The highest BCUT2D eigenvalue weighted by atomic mass is 16.5. The van der Waals surface area contributed by atoms with E-state index in [2.05, 4.69) is 28.0 Å². The minimum Gasteiger partial charge on any atom is -0.488 e. The number of hydrazone groups is 1. The Bertz CT molecular complexity index is 1380. The summed E-state index contributed by atoms with van der Waals surface area (Å²) < 4.78 is 6.09. The van der Waals surface area contributed by atoms with Crippen LogP contribution < -0.4 is 15.5 Å². The van der Waals surface area contributed by atoms with Crippen LogP contribution in [-0.2, 0) is 11.4 Å². The van der Waals surface area contributed by atoms with Crippen molar-refractivity contribution >= 4 is 23.2 Å². The third kappa shape index (κ3) is 6.45. The number of anilines is 1. The van der Waals surface area contributed by atoms with Crippen molar-refractivity contribution in [2.24, 2.45) is 5.10 Å². The van der Waals surface area contributed by atoms with Gasteiger partial charge in [-0.15, -0.1) is 0 Å². The number of amides is 2. The van der Waals surface area contributed by atoms with Crippen molar-refractivity contribution in [1.82, 2.24) is 5.43 Å². The van der Waals surface area contributed by atoms with E-state index >= 15 is 0 Å². The summed E-state index contributed by atoms with van der Waals surface area (Å²) in [7, 11) is 0. The van der Waals surface area contributed by atoms with Gasteiger partial charge in [0, 0.05) is 23.7 Å². The fourth-order valence-electron chi connectivity index (χ4n) is 3.65. The van der Waals surface area contributed by atoms with Crippen LogP contribution in [-0.4, -0.2) is 17.5 Å². The number of hydrogen-bond donors (Lipinski definition) is 2. The lowest BCUT2D eigenvalue weighted by Gasteiger charge is -2.12. The molecule has 0 aliphatic heterocycles. The second-order valence-corrected chi connectivity index (χ2v) is 8.25. The quantitative estimate of drug-likeness (QED) is 0.240. The summed E-state index contributed by atoms with van der Waals surface area (Å²) in [5.41, 5.74) is 8.25. The summed E-state index contributed by atoms with van der Waals surface area (Å²) in [5, 5.41) is 6.94. The van der Waals surface area contributed by atoms with Crippen molar-refractivity contribution in [2.45, 2.75) is 20.5 Å². The molecule has 0 aliphatic carbocycles. The Hall–Kier alpha value is -4.71. The summed E-state index contributed by atoms with van der Waals surface area (Å²) >= 11 is 0. The van der Waals surface area contributed by atoms with Crippen LogP contribution in [0.2, 0.25) is 0 Å². The topological polar surface area (TPSA) is 79.8 Å². The molecule has 0 aliphatic rings. The van der Waals surface area contributed by atoms with Crippen molar-refractivity contribution in [3.05, 3.63) is 120 Å². The minimum atomic E-state index is -0.311. The van der Waals surface area contributed by atoms with Gasteiger partial charge < -0.3 is 10.1 Å². The van der Waals surface area contributed by atoms with Gasteiger partial charge in [-0.3, -0.25) is 9.59 Å². The standard InChI is InChI=1S/C30H27N3O3/c1-21(26-11-8-12-27(19-26)31-22(2)34)32-33-30(35)25-17-15-23(16-18-25)20-36-29-14-7-6-13-28(29)24-9-4-3-5-10-24/h3-19H,20H2,1-2H3,(H,31,34)(H,33,35). The van der Waals surface area contributed by atoms with Crippen molar-refractivity contribution in [3.63, 3.8) is 0 Å². The molecule has 0 aromatic heterocycles. The molecule has 4 aromatic rings. The van der Waals surface area contributed by atoms with Crippen LogP contribution in [0, 0.1) is 0 Å². The lowest BCUT2D eigenvalue weighted by Crippen LogP contribution is -2.19. The molecule has 180 valence electrons. The molecule has 0 heterocycles. The van der Waals surface area contributed by atoms with Crippen LogP contribution in [0.15, 0.2) is 108 Å². The average Bonchev–Trinajstić information content (AvgIpc) is 2.91. The summed E-state index contributed by atoms with van der Waals surface area (Å²) in [5.74, 6) is 0.344. The Kier molecular flexibility index (Phi) is 7.88. The maximum atomic E-state index is 12.6. The normalized spacial score (nSPS) is 11.0. The molecule has 6 heteroatoms. The highest BCUT2D eigenvalue weighted by molar-refractivity contribution is 6.02.